The van der Waals surface area contributed by atoms with E-state index in [1.54, 1.807) is 0 Å². The number of rotatable bonds is 3. The van der Waals surface area contributed by atoms with Gasteiger partial charge in [-0.15, -0.1) is 0 Å². The van der Waals surface area contributed by atoms with Crippen molar-refractivity contribution in [2.45, 2.75) is 120 Å². The highest BCUT2D eigenvalue weighted by atomic mass is 32.2. The van der Waals surface area contributed by atoms with Gasteiger partial charge >= 0.3 is 0 Å². The zero-order chi connectivity index (χ0) is 53.3. The number of hydrogen-bond donors (Lipinski definition) is 0. The van der Waals surface area contributed by atoms with Crippen LogP contribution in [0.25, 0.3) is 22.3 Å². The average Bonchev–Trinajstić information content (AvgIpc) is 3.60. The van der Waals surface area contributed by atoms with Gasteiger partial charge in [0.1, 0.15) is 34.5 Å². The summed E-state index contributed by atoms with van der Waals surface area (Å²) in [7, 11) is 0. The molecule has 0 radical (unpaired) electrons. The molecule has 6 heteroatoms. The highest BCUT2D eigenvalue weighted by Gasteiger charge is 2.47. The molecule has 0 aliphatic carbocycles. The first-order valence-electron chi connectivity index (χ1n) is 27.4. The van der Waals surface area contributed by atoms with Crippen molar-refractivity contribution in [3.63, 3.8) is 0 Å². The van der Waals surface area contributed by atoms with Crippen molar-refractivity contribution >= 4 is 51.9 Å². The van der Waals surface area contributed by atoms with Crippen molar-refractivity contribution in [1.29, 1.82) is 0 Å². The first-order chi connectivity index (χ1) is 36.7. The molecule has 0 spiro atoms. The molecule has 0 bridgehead atoms. The molecule has 0 N–H and O–H groups in total. The van der Waals surface area contributed by atoms with E-state index in [-0.39, 0.29) is 33.8 Å². The third-order valence-corrected chi connectivity index (χ3v) is 18.9. The highest BCUT2D eigenvalue weighted by Crippen LogP contribution is 2.56. The lowest BCUT2D eigenvalue weighted by atomic mass is 9.34. The molecule has 0 amide bonds. The molecule has 5 aliphatic rings. The topological polar surface area (TPSA) is 30.9 Å². The molecular formula is C71H64BNO3S. The molecule has 0 saturated carbocycles. The van der Waals surface area contributed by atoms with Gasteiger partial charge in [-0.3, -0.25) is 0 Å². The highest BCUT2D eigenvalue weighted by molar-refractivity contribution is 8.00. The Morgan fingerprint density at radius 3 is 1.45 bits per heavy atom. The summed E-state index contributed by atoms with van der Waals surface area (Å²) in [5, 5.41) is 0. The third kappa shape index (κ3) is 7.20. The van der Waals surface area contributed by atoms with Crippen LogP contribution in [-0.2, 0) is 27.1 Å². The Hall–Kier alpha value is -7.41. The van der Waals surface area contributed by atoms with Gasteiger partial charge < -0.3 is 19.1 Å². The Labute approximate surface area is 459 Å². The minimum absolute atomic E-state index is 0.0137. The Balaban J connectivity index is 1.06. The lowest BCUT2D eigenvalue weighted by Crippen LogP contribution is -2.60. The largest absolute Gasteiger partial charge is 0.457 e. The molecule has 0 atom stereocenters. The summed E-state index contributed by atoms with van der Waals surface area (Å²) >= 11 is 1.89. The molecule has 380 valence electrons. The Kier molecular flexibility index (Phi) is 10.2. The van der Waals surface area contributed by atoms with Crippen LogP contribution in [0.5, 0.6) is 34.5 Å². The van der Waals surface area contributed by atoms with E-state index in [1.807, 2.05) is 11.8 Å². The van der Waals surface area contributed by atoms with Crippen molar-refractivity contribution in [3.8, 4) is 56.8 Å². The van der Waals surface area contributed by atoms with Gasteiger partial charge in [0.2, 0.25) is 6.71 Å². The van der Waals surface area contributed by atoms with Crippen molar-refractivity contribution in [3.05, 3.63) is 214 Å². The summed E-state index contributed by atoms with van der Waals surface area (Å²) in [6.45, 7) is 27.7. The third-order valence-electron chi connectivity index (χ3n) is 17.8. The number of nitrogens with zero attached hydrogens (tertiary/aromatic N) is 1. The van der Waals surface area contributed by atoms with Crippen LogP contribution in [-0.4, -0.2) is 6.71 Å². The Bertz CT molecular complexity index is 4000. The number of ether oxygens (including phenoxy) is 3. The average molecular weight is 1020 g/mol. The Morgan fingerprint density at radius 1 is 0.377 bits per heavy atom. The maximum atomic E-state index is 7.08. The van der Waals surface area contributed by atoms with Gasteiger partial charge in [0, 0.05) is 76.4 Å². The second kappa shape index (κ2) is 16.3. The van der Waals surface area contributed by atoms with E-state index in [1.165, 1.54) is 76.3 Å². The maximum absolute atomic E-state index is 7.08. The molecule has 9 aromatic rings. The molecule has 0 unspecified atom stereocenters. The summed E-state index contributed by atoms with van der Waals surface area (Å²) < 4.78 is 20.9. The van der Waals surface area contributed by atoms with Crippen LogP contribution in [0.4, 0.5) is 17.1 Å². The number of benzene rings is 9. The number of fused-ring (bicyclic) bond motifs is 10. The van der Waals surface area contributed by atoms with Crippen LogP contribution in [0.15, 0.2) is 180 Å². The summed E-state index contributed by atoms with van der Waals surface area (Å²) in [6.07, 6.45) is 0. The smallest absolute Gasteiger partial charge is 0.249 e. The quantitative estimate of drug-likeness (QED) is 0.165. The first kappa shape index (κ1) is 48.0. The molecular weight excluding hydrogens is 958 g/mol. The fourth-order valence-electron chi connectivity index (χ4n) is 13.3. The van der Waals surface area contributed by atoms with Crippen LogP contribution >= 0.6 is 11.8 Å². The molecule has 9 aromatic carbocycles. The molecule has 5 aliphatic heterocycles. The molecule has 4 nitrogen and oxygen atoms in total. The van der Waals surface area contributed by atoms with Crippen molar-refractivity contribution in [2.75, 3.05) is 4.90 Å². The fourth-order valence-corrected chi connectivity index (χ4v) is 14.5. The zero-order valence-corrected chi connectivity index (χ0v) is 47.1. The number of para-hydroxylation sites is 3. The molecule has 77 heavy (non-hydrogen) atoms. The van der Waals surface area contributed by atoms with Crippen molar-refractivity contribution in [1.82, 2.24) is 0 Å². The minimum atomic E-state index is -0.360. The second-order valence-corrected chi connectivity index (χ2v) is 26.8. The summed E-state index contributed by atoms with van der Waals surface area (Å²) in [6, 6.07) is 63.7. The minimum Gasteiger partial charge on any atom is -0.457 e. The zero-order valence-electron chi connectivity index (χ0n) is 46.3. The van der Waals surface area contributed by atoms with Crippen LogP contribution in [0.1, 0.15) is 128 Å². The molecule has 0 fully saturated rings. The predicted octanol–water partition coefficient (Wildman–Crippen LogP) is 17.7. The van der Waals surface area contributed by atoms with Crippen LogP contribution < -0.4 is 35.5 Å². The van der Waals surface area contributed by atoms with E-state index < -0.39 is 0 Å². The lowest BCUT2D eigenvalue weighted by molar-refractivity contribution is 0.417. The standard InChI is InChI=1S/C71H64BNO3S/c1-67(2,3)44-28-25-41(26-29-44)46-36-45(68(4,5)6)30-32-55(46)73-56-37-51-62(75-59-23-17-14-20-48(59)70(51,9)10)39-53(56)72-54-40-63-52(71(11,12)49-21-15-18-24-60(49)76-63)38-64(54)77-65-35-43(33-57(73)66(65)72)42-27-31-50-61(34-42)74-58-22-16-13-19-47(58)69(50,7)8/h13-40H,1-12H3. The van der Waals surface area contributed by atoms with E-state index in [0.717, 1.165) is 68.2 Å². The van der Waals surface area contributed by atoms with Gasteiger partial charge in [0.05, 0.1) is 5.69 Å². The van der Waals surface area contributed by atoms with E-state index in [9.17, 15) is 0 Å². The van der Waals surface area contributed by atoms with Gasteiger partial charge in [-0.2, -0.15) is 0 Å². The van der Waals surface area contributed by atoms with E-state index in [0.29, 0.717) is 0 Å². The molecule has 0 aromatic heterocycles. The first-order valence-corrected chi connectivity index (χ1v) is 28.2. The SMILES string of the molecule is CC(C)(C)c1ccc(-c2cc(C(C)(C)C)ccc2N2c3cc4c(cc3B3c5cc6c(cc5Sc5cc(-c7ccc8c(c7)Oc7ccccc7C8(C)C)cc2c53)C(C)(C)c2ccccc2O6)Oc2ccccc2C4(C)C)cc1. The van der Waals surface area contributed by atoms with Gasteiger partial charge in [-0.25, -0.2) is 0 Å². The van der Waals surface area contributed by atoms with E-state index >= 15 is 0 Å². The molecule has 14 rings (SSSR count). The fraction of sp³-hybridized carbons (Fsp3) is 0.239. The molecule has 5 heterocycles. The normalized spacial score (nSPS) is 16.3. The van der Waals surface area contributed by atoms with Gasteiger partial charge in [-0.1, -0.05) is 197 Å². The maximum Gasteiger partial charge on any atom is 0.249 e. The van der Waals surface area contributed by atoms with Crippen molar-refractivity contribution < 1.29 is 14.2 Å². The van der Waals surface area contributed by atoms with Crippen LogP contribution in [0, 0.1) is 0 Å². The van der Waals surface area contributed by atoms with Crippen molar-refractivity contribution in [2.24, 2.45) is 0 Å². The lowest BCUT2D eigenvalue weighted by Gasteiger charge is -2.44. The monoisotopic (exact) mass is 1020 g/mol. The van der Waals surface area contributed by atoms with Crippen LogP contribution in [0.2, 0.25) is 0 Å². The van der Waals surface area contributed by atoms with Gasteiger partial charge in [0.25, 0.3) is 0 Å². The van der Waals surface area contributed by atoms with E-state index in [4.69, 9.17) is 14.2 Å². The summed E-state index contributed by atoms with van der Waals surface area (Å²) in [5.41, 5.74) is 20.6. The number of anilines is 3. The van der Waals surface area contributed by atoms with Gasteiger partial charge in [0.15, 0.2) is 0 Å². The Morgan fingerprint density at radius 2 is 0.870 bits per heavy atom. The molecule has 0 saturated heterocycles. The van der Waals surface area contributed by atoms with E-state index in [2.05, 4.69) is 258 Å². The second-order valence-electron chi connectivity index (χ2n) is 25.8. The predicted molar refractivity (Wildman–Crippen MR) is 321 cm³/mol. The van der Waals surface area contributed by atoms with Crippen LogP contribution in [0.3, 0.4) is 0 Å². The van der Waals surface area contributed by atoms with Gasteiger partial charge in [-0.05, 0) is 122 Å². The number of hydrogen-bond acceptors (Lipinski definition) is 5. The summed E-state index contributed by atoms with van der Waals surface area (Å²) in [4.78, 5) is 5.08. The summed E-state index contributed by atoms with van der Waals surface area (Å²) in [5.74, 6) is 5.46.